The molecule has 0 bridgehead atoms. The average Bonchev–Trinajstić information content (AvgIpc) is 1.50. The molecule has 0 saturated heterocycles. The van der Waals surface area contributed by atoms with Crippen molar-refractivity contribution in [3.05, 3.63) is 297 Å². The minimum atomic E-state index is -0.963. The number of aromatic carboxylic acids is 1. The molecule has 0 fully saturated rings. The van der Waals surface area contributed by atoms with Crippen molar-refractivity contribution < 1.29 is 76.7 Å². The zero-order valence-corrected chi connectivity index (χ0v) is 66.5. The monoisotopic (exact) mass is 1570 g/mol. The molecule has 26 nitrogen and oxygen atoms in total. The number of hydrogen-bond donors (Lipinski definition) is 3. The van der Waals surface area contributed by atoms with Gasteiger partial charge in [-0.15, -0.1) is 20.4 Å². The van der Waals surface area contributed by atoms with Gasteiger partial charge in [0.1, 0.15) is 12.4 Å². The molecule has 116 heavy (non-hydrogen) atoms. The average molecular weight is 1570 g/mol. The molecule has 4 aliphatic carbocycles. The van der Waals surface area contributed by atoms with Crippen molar-refractivity contribution >= 4 is 49.1 Å². The third kappa shape index (κ3) is 18.9. The van der Waals surface area contributed by atoms with Crippen LogP contribution >= 0.6 is 0 Å². The third-order valence-corrected chi connectivity index (χ3v) is 21.2. The summed E-state index contributed by atoms with van der Waals surface area (Å²) in [6.45, 7) is 26.4. The summed E-state index contributed by atoms with van der Waals surface area (Å²) in [5.74, 6) is 0.347. The van der Waals surface area contributed by atoms with Crippen molar-refractivity contribution in [2.24, 2.45) is 17.8 Å². The van der Waals surface area contributed by atoms with E-state index in [1.54, 1.807) is 30.3 Å². The van der Waals surface area contributed by atoms with Crippen molar-refractivity contribution in [3.8, 4) is 11.8 Å². The molecule has 4 unspecified atom stereocenters. The van der Waals surface area contributed by atoms with Gasteiger partial charge in [-0.2, -0.15) is 34.9 Å². The van der Waals surface area contributed by atoms with E-state index in [1.807, 2.05) is 72.8 Å². The molecular formula is C90H90N10O16. The van der Waals surface area contributed by atoms with Crippen LogP contribution in [-0.4, -0.2) is 117 Å². The Labute approximate surface area is 671 Å². The van der Waals surface area contributed by atoms with E-state index >= 15 is 0 Å². The lowest BCUT2D eigenvalue weighted by Crippen LogP contribution is -2.34. The molecule has 14 rings (SSSR count). The number of ether oxygens (including phenoxy) is 5. The van der Waals surface area contributed by atoms with Gasteiger partial charge in [0.15, 0.2) is 11.6 Å². The quantitative estimate of drug-likeness (QED) is 0.0330. The van der Waals surface area contributed by atoms with Crippen LogP contribution in [0, 0.1) is 49.5 Å². The Bertz CT molecular complexity index is 5390. The standard InChI is InChI=1S/C23H26N4O2.C23H25NO2.C22H22N4O4.C20H17NO4.2CO2/c1-14(2)13-23(22-24-26-27-25-22)19-9-5-15(3)11-16(19)6-7-17-12-18(21(28)29-4)8-10-20(17)23;1-15(2)14-23(24-4)20-10-6-16(3)12-17(20)7-8-18-13-19(22(25)26-5)9-11-21(18)23;1-13(2)11-22(21-23-25-26-24-21)18-7-5-16(20(28)29)9-14(18)3-4-15-10-17(30-12-27)6-8-19(15)22;1-24-20(23)16-5-7-18-15(9-16)4-3-14-8-13(11-25-12-22)2-6-17(14)19(18)10-21;2*2-1-3/h5,8-12,14H,6-7,13H2,1-4H3,(H,24,25,26,27);6,9-13,15H,7-8,14H2,1-3,5H3;5-10,12-13H,3-4,11H2,1-2H3,(H,28,29)(H,23,24,25,26);2,5-9,12,19H,3-4,11H2,1H3;;. The summed E-state index contributed by atoms with van der Waals surface area (Å²) in [4.78, 5) is 105. The fourth-order valence-electron chi connectivity index (χ4n) is 16.8. The number of nitrogens with one attached hydrogen (secondary N) is 2. The number of carbonyl (C=O) groups is 6. The van der Waals surface area contributed by atoms with Crippen molar-refractivity contribution in [2.75, 3.05) is 21.3 Å². The van der Waals surface area contributed by atoms with E-state index in [-0.39, 0.29) is 54.2 Å². The fraction of sp³-hybridized carbons (Fsp3) is 0.333. The lowest BCUT2D eigenvalue weighted by atomic mass is 9.67. The number of aromatic amines is 2. The molecule has 0 amide bonds. The lowest BCUT2D eigenvalue weighted by molar-refractivity contribution is -0.193. The predicted octanol–water partition coefficient (Wildman–Crippen LogP) is 13.5. The molecule has 596 valence electrons. The molecular weight excluding hydrogens is 1480 g/mol. The number of tetrazole rings is 2. The maximum absolute atomic E-state index is 12.2. The molecule has 2 aromatic heterocycles. The molecule has 4 aliphatic rings. The Balaban J connectivity index is 0.000000173. The molecule has 0 spiro atoms. The largest absolute Gasteiger partial charge is 0.478 e. The molecule has 4 atom stereocenters. The van der Waals surface area contributed by atoms with Crippen molar-refractivity contribution in [1.29, 1.82) is 5.26 Å². The second-order valence-electron chi connectivity index (χ2n) is 29.9. The number of nitrogens with zero attached hydrogens (tertiary/aromatic N) is 8. The Morgan fingerprint density at radius 2 is 0.862 bits per heavy atom. The van der Waals surface area contributed by atoms with Gasteiger partial charge in [0.2, 0.25) is 0 Å². The van der Waals surface area contributed by atoms with Gasteiger partial charge in [0.25, 0.3) is 18.5 Å². The highest BCUT2D eigenvalue weighted by Crippen LogP contribution is 2.51. The maximum Gasteiger partial charge on any atom is 0.373 e. The molecule has 8 aromatic carbocycles. The number of methoxy groups -OCH3 is 3. The number of aryl methyl sites for hydroxylation is 10. The van der Waals surface area contributed by atoms with Crippen LogP contribution in [0.2, 0.25) is 0 Å². The van der Waals surface area contributed by atoms with E-state index in [0.29, 0.717) is 78.1 Å². The minimum Gasteiger partial charge on any atom is -0.478 e. The highest BCUT2D eigenvalue weighted by molar-refractivity contribution is 5.91. The first kappa shape index (κ1) is 86.4. The van der Waals surface area contributed by atoms with Crippen LogP contribution in [0.3, 0.4) is 0 Å². The Kier molecular flexibility index (Phi) is 29.3. The van der Waals surface area contributed by atoms with Crippen LogP contribution < -0.4 is 4.74 Å². The molecule has 0 radical (unpaired) electrons. The zero-order chi connectivity index (χ0) is 84.0. The second kappa shape index (κ2) is 39.3. The second-order valence-corrected chi connectivity index (χ2v) is 29.9. The predicted molar refractivity (Wildman–Crippen MR) is 421 cm³/mol. The number of benzene rings is 8. The van der Waals surface area contributed by atoms with Gasteiger partial charge in [0, 0.05) is 17.5 Å². The highest BCUT2D eigenvalue weighted by Gasteiger charge is 2.49. The third-order valence-electron chi connectivity index (χ3n) is 21.2. The SMILES string of the molecule is CC(C)CC1(c2nn[nH]n2)c2ccc(OC=O)cc2CCc2cc(C(=O)O)ccc21.COC(=O)c1ccc2c(c1)CCc1cc(C)ccc1C2(CC(C)C)c1nn[nH]n1.COC(=O)c1ccc2c(c1)CCc1cc(COC=O)ccc1C2C#N.O=C=O.O=C=O.[C-]#[N+]C1(CC(C)C)c2ccc(C)cc2CCc2cc(C(=O)OC)ccc21. The summed E-state index contributed by atoms with van der Waals surface area (Å²) in [6, 6.07) is 49.0. The fourth-order valence-corrected chi connectivity index (χ4v) is 16.8. The van der Waals surface area contributed by atoms with Crippen LogP contribution in [-0.2, 0) is 122 Å². The summed E-state index contributed by atoms with van der Waals surface area (Å²) in [5, 5.41) is 49.8. The van der Waals surface area contributed by atoms with E-state index in [4.69, 9.17) is 49.4 Å². The van der Waals surface area contributed by atoms with E-state index < -0.39 is 22.3 Å². The number of rotatable bonds is 17. The van der Waals surface area contributed by atoms with Crippen LogP contribution in [0.4, 0.5) is 0 Å². The van der Waals surface area contributed by atoms with Gasteiger partial charge in [-0.05, 0) is 246 Å². The number of carboxylic acids is 1. The van der Waals surface area contributed by atoms with Crippen LogP contribution in [0.25, 0.3) is 4.85 Å². The Morgan fingerprint density at radius 3 is 1.28 bits per heavy atom. The summed E-state index contributed by atoms with van der Waals surface area (Å²) in [7, 11) is 4.16. The van der Waals surface area contributed by atoms with E-state index in [2.05, 4.69) is 150 Å². The summed E-state index contributed by atoms with van der Waals surface area (Å²) >= 11 is 0. The number of fused-ring (bicyclic) bond motifs is 8. The number of carboxylic acid groups (broad SMARTS) is 1. The number of carbonyl (C=O) groups excluding carboxylic acids is 9. The van der Waals surface area contributed by atoms with E-state index in [1.165, 1.54) is 49.1 Å². The Morgan fingerprint density at radius 1 is 0.500 bits per heavy atom. The van der Waals surface area contributed by atoms with Crippen LogP contribution in [0.15, 0.2) is 146 Å². The van der Waals surface area contributed by atoms with Gasteiger partial charge in [0.05, 0.1) is 66.4 Å². The number of nitriles is 1. The van der Waals surface area contributed by atoms with Gasteiger partial charge in [-0.3, -0.25) is 14.4 Å². The number of hydrogen-bond acceptors (Lipinski definition) is 22. The van der Waals surface area contributed by atoms with Gasteiger partial charge < -0.3 is 28.8 Å². The van der Waals surface area contributed by atoms with Crippen LogP contribution in [0.5, 0.6) is 5.75 Å². The van der Waals surface area contributed by atoms with Gasteiger partial charge >= 0.3 is 36.2 Å². The molecule has 26 heteroatoms. The lowest BCUT2D eigenvalue weighted by Gasteiger charge is -2.35. The van der Waals surface area contributed by atoms with Gasteiger partial charge in [-0.1, -0.05) is 142 Å². The van der Waals surface area contributed by atoms with Crippen LogP contribution in [0.1, 0.15) is 226 Å². The number of H-pyrrole nitrogens is 2. The van der Waals surface area contributed by atoms with Gasteiger partial charge in [-0.25, -0.2) is 25.8 Å². The first-order valence-electron chi connectivity index (χ1n) is 37.7. The summed E-state index contributed by atoms with van der Waals surface area (Å²) < 4.78 is 24.5. The topological polar surface area (TPSA) is 374 Å². The van der Waals surface area contributed by atoms with Crippen molar-refractivity contribution in [1.82, 2.24) is 41.2 Å². The number of aromatic nitrogens is 8. The molecule has 2 heterocycles. The minimum absolute atomic E-state index is 0.216. The first-order valence-corrected chi connectivity index (χ1v) is 37.7. The molecule has 0 saturated carbocycles. The van der Waals surface area contributed by atoms with E-state index in [0.717, 1.165) is 129 Å². The molecule has 10 aromatic rings. The normalized spacial score (nSPS) is 16.6. The van der Waals surface area contributed by atoms with E-state index in [9.17, 15) is 39.1 Å². The smallest absolute Gasteiger partial charge is 0.373 e. The highest BCUT2D eigenvalue weighted by atomic mass is 16.5. The maximum atomic E-state index is 12.2. The van der Waals surface area contributed by atoms with Crippen molar-refractivity contribution in [2.45, 2.75) is 155 Å². The molecule has 3 N–H and O–H groups in total. The first-order chi connectivity index (χ1) is 55.8. The zero-order valence-electron chi connectivity index (χ0n) is 66.5. The Hall–Kier alpha value is -13.5. The molecule has 0 aliphatic heterocycles. The van der Waals surface area contributed by atoms with Crippen molar-refractivity contribution in [3.63, 3.8) is 0 Å². The number of esters is 3. The summed E-state index contributed by atoms with van der Waals surface area (Å²) in [5.41, 5.74) is 20.4. The summed E-state index contributed by atoms with van der Waals surface area (Å²) in [6.07, 6.45) is 9.03.